The zero-order chi connectivity index (χ0) is 12.6. The number of hydrogen-bond donors (Lipinski definition) is 1. The van der Waals surface area contributed by atoms with E-state index < -0.39 is 0 Å². The Morgan fingerprint density at radius 2 is 1.88 bits per heavy atom. The third-order valence-corrected chi connectivity index (χ3v) is 3.82. The highest BCUT2D eigenvalue weighted by Crippen LogP contribution is 2.38. The first-order valence-electron chi connectivity index (χ1n) is 6.39. The van der Waals surface area contributed by atoms with E-state index in [0.717, 1.165) is 5.56 Å². The fourth-order valence-corrected chi connectivity index (χ4v) is 2.50. The second-order valence-electron chi connectivity index (χ2n) is 6.14. The van der Waals surface area contributed by atoms with Crippen LogP contribution < -0.4 is 5.32 Å². The van der Waals surface area contributed by atoms with Crippen molar-refractivity contribution in [1.82, 2.24) is 5.32 Å². The van der Waals surface area contributed by atoms with Crippen molar-refractivity contribution in [2.75, 3.05) is 7.05 Å². The summed E-state index contributed by atoms with van der Waals surface area (Å²) in [6.45, 7) is 6.19. The van der Waals surface area contributed by atoms with Crippen LogP contribution in [0, 0.1) is 5.82 Å². The minimum Gasteiger partial charge on any atom is -0.317 e. The smallest absolute Gasteiger partial charge is 0.126 e. The Labute approximate surface area is 103 Å². The molecular weight excluding hydrogens is 213 g/mol. The molecule has 1 fully saturated rings. The summed E-state index contributed by atoms with van der Waals surface area (Å²) in [6, 6.07) is 6.28. The molecule has 0 amide bonds. The largest absolute Gasteiger partial charge is 0.317 e. The van der Waals surface area contributed by atoms with Crippen LogP contribution >= 0.6 is 0 Å². The Balaban J connectivity index is 2.21. The molecule has 0 bridgehead atoms. The standard InChI is InChI=1S/C15H22FN/c1-15(2,3)13-9-10(5-6-14(13)16)11-7-12(8-11)17-4/h5-6,9,11-12,17H,7-8H2,1-4H3. The summed E-state index contributed by atoms with van der Waals surface area (Å²) in [4.78, 5) is 0. The number of rotatable bonds is 2. The third-order valence-electron chi connectivity index (χ3n) is 3.82. The predicted octanol–water partition coefficient (Wildman–Crippen LogP) is 3.59. The minimum atomic E-state index is -0.119. The second-order valence-corrected chi connectivity index (χ2v) is 6.14. The van der Waals surface area contributed by atoms with Gasteiger partial charge in [-0.15, -0.1) is 0 Å². The minimum absolute atomic E-state index is 0.0780. The van der Waals surface area contributed by atoms with Crippen molar-refractivity contribution in [1.29, 1.82) is 0 Å². The van der Waals surface area contributed by atoms with Gasteiger partial charge in [-0.2, -0.15) is 0 Å². The van der Waals surface area contributed by atoms with Gasteiger partial charge in [0.1, 0.15) is 5.82 Å². The molecule has 1 saturated carbocycles. The van der Waals surface area contributed by atoms with Crippen molar-refractivity contribution in [3.8, 4) is 0 Å². The fraction of sp³-hybridized carbons (Fsp3) is 0.600. The lowest BCUT2D eigenvalue weighted by atomic mass is 9.74. The fourth-order valence-electron chi connectivity index (χ4n) is 2.50. The first-order valence-corrected chi connectivity index (χ1v) is 6.39. The van der Waals surface area contributed by atoms with E-state index in [1.165, 1.54) is 18.4 Å². The molecule has 0 saturated heterocycles. The zero-order valence-electron chi connectivity index (χ0n) is 11.2. The van der Waals surface area contributed by atoms with Crippen LogP contribution in [0.15, 0.2) is 18.2 Å². The summed E-state index contributed by atoms with van der Waals surface area (Å²) in [6.07, 6.45) is 2.34. The van der Waals surface area contributed by atoms with E-state index in [1.54, 1.807) is 6.07 Å². The Kier molecular flexibility index (Phi) is 3.26. The van der Waals surface area contributed by atoms with Crippen molar-refractivity contribution in [2.24, 2.45) is 0 Å². The van der Waals surface area contributed by atoms with Gasteiger partial charge in [0.15, 0.2) is 0 Å². The molecular formula is C15H22FN. The van der Waals surface area contributed by atoms with Crippen molar-refractivity contribution in [2.45, 2.75) is 51.0 Å². The van der Waals surface area contributed by atoms with Gasteiger partial charge in [0.05, 0.1) is 0 Å². The molecule has 1 nitrogen and oxygen atoms in total. The Hall–Kier alpha value is -0.890. The Bertz CT molecular complexity index is 400. The molecule has 94 valence electrons. The van der Waals surface area contributed by atoms with E-state index in [4.69, 9.17) is 0 Å². The monoisotopic (exact) mass is 235 g/mol. The molecule has 1 N–H and O–H groups in total. The SMILES string of the molecule is CNC1CC(c2ccc(F)c(C(C)(C)C)c2)C1. The van der Waals surface area contributed by atoms with Gasteiger partial charge in [-0.1, -0.05) is 32.9 Å². The van der Waals surface area contributed by atoms with Gasteiger partial charge >= 0.3 is 0 Å². The maximum absolute atomic E-state index is 13.8. The highest BCUT2D eigenvalue weighted by molar-refractivity contribution is 5.33. The average Bonchev–Trinajstić information content (AvgIpc) is 2.17. The molecule has 2 heteroatoms. The first kappa shape index (κ1) is 12.6. The molecule has 0 radical (unpaired) electrons. The molecule has 17 heavy (non-hydrogen) atoms. The summed E-state index contributed by atoms with van der Waals surface area (Å²) < 4.78 is 13.8. The van der Waals surface area contributed by atoms with Crippen molar-refractivity contribution in [3.05, 3.63) is 35.1 Å². The van der Waals surface area contributed by atoms with Gasteiger partial charge in [-0.3, -0.25) is 0 Å². The average molecular weight is 235 g/mol. The van der Waals surface area contributed by atoms with Crippen molar-refractivity contribution < 1.29 is 4.39 Å². The summed E-state index contributed by atoms with van der Waals surface area (Å²) >= 11 is 0. The van der Waals surface area contributed by atoms with Gasteiger partial charge in [0.2, 0.25) is 0 Å². The van der Waals surface area contributed by atoms with Crippen LogP contribution in [0.1, 0.15) is 50.7 Å². The van der Waals surface area contributed by atoms with E-state index >= 15 is 0 Å². The molecule has 2 rings (SSSR count). The quantitative estimate of drug-likeness (QED) is 0.826. The summed E-state index contributed by atoms with van der Waals surface area (Å²) in [5, 5.41) is 3.28. The highest BCUT2D eigenvalue weighted by atomic mass is 19.1. The number of nitrogens with one attached hydrogen (secondary N) is 1. The molecule has 0 unspecified atom stereocenters. The van der Waals surface area contributed by atoms with Gasteiger partial charge in [0.25, 0.3) is 0 Å². The maximum Gasteiger partial charge on any atom is 0.126 e. The normalized spacial score (nSPS) is 24.5. The third kappa shape index (κ3) is 2.52. The lowest BCUT2D eigenvalue weighted by Crippen LogP contribution is -2.37. The van der Waals surface area contributed by atoms with E-state index in [2.05, 4.69) is 32.2 Å². The van der Waals surface area contributed by atoms with E-state index in [9.17, 15) is 4.39 Å². The Morgan fingerprint density at radius 1 is 1.24 bits per heavy atom. The number of benzene rings is 1. The molecule has 0 heterocycles. The molecule has 1 aromatic carbocycles. The number of hydrogen-bond acceptors (Lipinski definition) is 1. The van der Waals surface area contributed by atoms with Crippen LogP contribution in [0.3, 0.4) is 0 Å². The van der Waals surface area contributed by atoms with Crippen LogP contribution in [0.5, 0.6) is 0 Å². The second kappa shape index (κ2) is 4.41. The van der Waals surface area contributed by atoms with Crippen molar-refractivity contribution >= 4 is 0 Å². The number of halogens is 1. The molecule has 0 atom stereocenters. The van der Waals surface area contributed by atoms with Crippen LogP contribution in [0.25, 0.3) is 0 Å². The summed E-state index contributed by atoms with van der Waals surface area (Å²) in [5.74, 6) is 0.528. The predicted molar refractivity (Wildman–Crippen MR) is 69.9 cm³/mol. The lowest BCUT2D eigenvalue weighted by molar-refractivity contribution is 0.306. The summed E-state index contributed by atoms with van der Waals surface area (Å²) in [5.41, 5.74) is 2.01. The first-order chi connectivity index (χ1) is 7.91. The molecule has 1 aliphatic rings. The van der Waals surface area contributed by atoms with Crippen LogP contribution in [0.4, 0.5) is 4.39 Å². The van der Waals surface area contributed by atoms with Gasteiger partial charge < -0.3 is 5.32 Å². The van der Waals surface area contributed by atoms with Gasteiger partial charge in [-0.05, 0) is 48.4 Å². The molecule has 1 aliphatic carbocycles. The van der Waals surface area contributed by atoms with Gasteiger partial charge in [0, 0.05) is 6.04 Å². The molecule has 0 aliphatic heterocycles. The van der Waals surface area contributed by atoms with E-state index in [1.807, 2.05) is 13.1 Å². The lowest BCUT2D eigenvalue weighted by Gasteiger charge is -2.36. The molecule has 1 aromatic rings. The maximum atomic E-state index is 13.8. The molecule has 0 spiro atoms. The zero-order valence-corrected chi connectivity index (χ0v) is 11.2. The summed E-state index contributed by atoms with van der Waals surface area (Å²) in [7, 11) is 2.01. The topological polar surface area (TPSA) is 12.0 Å². The molecule has 0 aromatic heterocycles. The van der Waals surface area contributed by atoms with E-state index in [0.29, 0.717) is 12.0 Å². The van der Waals surface area contributed by atoms with Crippen LogP contribution in [-0.2, 0) is 5.41 Å². The highest BCUT2D eigenvalue weighted by Gasteiger charge is 2.30. The Morgan fingerprint density at radius 3 is 2.41 bits per heavy atom. The van der Waals surface area contributed by atoms with Crippen LogP contribution in [-0.4, -0.2) is 13.1 Å². The van der Waals surface area contributed by atoms with Gasteiger partial charge in [-0.25, -0.2) is 4.39 Å². The van der Waals surface area contributed by atoms with E-state index in [-0.39, 0.29) is 11.2 Å². The van der Waals surface area contributed by atoms with Crippen molar-refractivity contribution in [3.63, 3.8) is 0 Å². The van der Waals surface area contributed by atoms with Crippen LogP contribution in [0.2, 0.25) is 0 Å².